The van der Waals surface area contributed by atoms with Crippen LogP contribution >= 0.6 is 0 Å². The number of benzene rings is 1. The van der Waals surface area contributed by atoms with Crippen LogP contribution in [0.4, 0.5) is 0 Å². The smallest absolute Gasteiger partial charge is 0.318 e. The van der Waals surface area contributed by atoms with Crippen LogP contribution in [0.5, 0.6) is 0 Å². The number of hydrogen-bond donors (Lipinski definition) is 5. The molecule has 0 aliphatic heterocycles. The number of carboxylic acid groups (broad SMARTS) is 5. The van der Waals surface area contributed by atoms with Gasteiger partial charge in [0.05, 0.1) is 17.8 Å². The van der Waals surface area contributed by atoms with Gasteiger partial charge in [-0.15, -0.1) is 0 Å². The summed E-state index contributed by atoms with van der Waals surface area (Å²) in [5.41, 5.74) is 1.54. The molecule has 5 N–H and O–H groups in total. The van der Waals surface area contributed by atoms with Gasteiger partial charge in [0.1, 0.15) is 0 Å². The van der Waals surface area contributed by atoms with Crippen molar-refractivity contribution in [3.8, 4) is 0 Å². The highest BCUT2D eigenvalue weighted by Gasteiger charge is 2.46. The molecule has 3 unspecified atom stereocenters. The van der Waals surface area contributed by atoms with E-state index in [0.29, 0.717) is 31.3 Å². The van der Waals surface area contributed by atoms with E-state index < -0.39 is 53.5 Å². The lowest BCUT2D eigenvalue weighted by Gasteiger charge is -2.23. The van der Waals surface area contributed by atoms with Crippen LogP contribution in [0.25, 0.3) is 0 Å². The number of hydrogen-bond acceptors (Lipinski definition) is 5. The highest BCUT2D eigenvalue weighted by Crippen LogP contribution is 2.29. The summed E-state index contributed by atoms with van der Waals surface area (Å²) in [6.07, 6.45) is 2.12. The third-order valence-electron chi connectivity index (χ3n) is 5.78. The standard InChI is InChI=1S/C24H30O10/c1-14(16(20(25)26)13-7-11-15-9-3-2-4-10-15)8-5-6-12-17(21(27)28)18(22(29)30)19(23(31)32)24(33)34/h2-4,9-10,16-19H,1,5-8,11-13H2,(H,25,26)(H,27,28)(H,29,30)(H,31,32)(H,33,34). The number of aryl methyl sites for hydroxylation is 1. The monoisotopic (exact) mass is 478 g/mol. The van der Waals surface area contributed by atoms with E-state index in [2.05, 4.69) is 6.58 Å². The summed E-state index contributed by atoms with van der Waals surface area (Å²) in [4.78, 5) is 57.3. The SMILES string of the molecule is C=C(CCCCC(C(=O)O)C(C(=O)O)C(C(=O)O)C(=O)O)C(CCCc1ccccc1)C(=O)O. The molecule has 0 fully saturated rings. The predicted octanol–water partition coefficient (Wildman–Crippen LogP) is 3.01. The molecule has 3 atom stereocenters. The first-order valence-corrected chi connectivity index (χ1v) is 10.8. The van der Waals surface area contributed by atoms with Gasteiger partial charge in [0, 0.05) is 0 Å². The Morgan fingerprint density at radius 2 is 1.29 bits per heavy atom. The van der Waals surface area contributed by atoms with Crippen molar-refractivity contribution >= 4 is 29.8 Å². The molecule has 0 aromatic heterocycles. The summed E-state index contributed by atoms with van der Waals surface area (Å²) in [6.45, 7) is 3.84. The van der Waals surface area contributed by atoms with E-state index >= 15 is 0 Å². The molecule has 34 heavy (non-hydrogen) atoms. The van der Waals surface area contributed by atoms with Crippen molar-refractivity contribution in [2.45, 2.75) is 44.9 Å². The predicted molar refractivity (Wildman–Crippen MR) is 119 cm³/mol. The van der Waals surface area contributed by atoms with E-state index in [9.17, 15) is 39.3 Å². The van der Waals surface area contributed by atoms with E-state index in [1.165, 1.54) is 0 Å². The van der Waals surface area contributed by atoms with Crippen LogP contribution in [0, 0.1) is 23.7 Å². The number of carbonyl (C=O) groups is 5. The third-order valence-corrected chi connectivity index (χ3v) is 5.78. The van der Waals surface area contributed by atoms with Crippen molar-refractivity contribution < 1.29 is 49.5 Å². The quantitative estimate of drug-likeness (QED) is 0.126. The molecular formula is C24H30O10. The minimum atomic E-state index is -2.41. The van der Waals surface area contributed by atoms with Gasteiger partial charge >= 0.3 is 29.8 Å². The zero-order chi connectivity index (χ0) is 25.8. The number of carboxylic acids is 5. The lowest BCUT2D eigenvalue weighted by molar-refractivity contribution is -0.169. The fourth-order valence-corrected chi connectivity index (χ4v) is 3.96. The fourth-order valence-electron chi connectivity index (χ4n) is 3.96. The van der Waals surface area contributed by atoms with Crippen molar-refractivity contribution in [1.82, 2.24) is 0 Å². The maximum Gasteiger partial charge on any atom is 0.318 e. The first-order valence-electron chi connectivity index (χ1n) is 10.8. The highest BCUT2D eigenvalue weighted by atomic mass is 16.4. The average molecular weight is 478 g/mol. The first-order chi connectivity index (χ1) is 16.0. The van der Waals surface area contributed by atoms with Crippen LogP contribution < -0.4 is 0 Å². The minimum Gasteiger partial charge on any atom is -0.481 e. The summed E-state index contributed by atoms with van der Waals surface area (Å²) in [5, 5.41) is 46.5. The van der Waals surface area contributed by atoms with E-state index in [-0.39, 0.29) is 19.3 Å². The van der Waals surface area contributed by atoms with Crippen molar-refractivity contribution in [2.75, 3.05) is 0 Å². The number of unbranched alkanes of at least 4 members (excludes halogenated alkanes) is 1. The second kappa shape index (κ2) is 13.8. The Morgan fingerprint density at radius 3 is 1.76 bits per heavy atom. The summed E-state index contributed by atoms with van der Waals surface area (Å²) in [5.74, 6) is -15.4. The molecule has 0 spiro atoms. The van der Waals surface area contributed by atoms with Gasteiger partial charge in [-0.2, -0.15) is 0 Å². The first kappa shape index (κ1) is 28.3. The Morgan fingerprint density at radius 1 is 0.706 bits per heavy atom. The van der Waals surface area contributed by atoms with Gasteiger partial charge < -0.3 is 25.5 Å². The van der Waals surface area contributed by atoms with Gasteiger partial charge in [0.2, 0.25) is 0 Å². The Hall–Kier alpha value is -3.69. The van der Waals surface area contributed by atoms with Crippen LogP contribution in [0.3, 0.4) is 0 Å². The Balaban J connectivity index is 2.69. The molecule has 186 valence electrons. The second-order valence-corrected chi connectivity index (χ2v) is 8.14. The molecule has 0 aliphatic carbocycles. The molecular weight excluding hydrogens is 448 g/mol. The lowest BCUT2D eigenvalue weighted by Crippen LogP contribution is -2.42. The van der Waals surface area contributed by atoms with Crippen LogP contribution in [-0.4, -0.2) is 55.4 Å². The molecule has 0 amide bonds. The van der Waals surface area contributed by atoms with Crippen LogP contribution in [0.15, 0.2) is 42.5 Å². The second-order valence-electron chi connectivity index (χ2n) is 8.14. The summed E-state index contributed by atoms with van der Waals surface area (Å²) < 4.78 is 0. The Bertz CT molecular complexity index is 878. The van der Waals surface area contributed by atoms with Crippen molar-refractivity contribution in [2.24, 2.45) is 23.7 Å². The molecule has 0 aliphatic rings. The Labute approximate surface area is 196 Å². The van der Waals surface area contributed by atoms with Crippen molar-refractivity contribution in [1.29, 1.82) is 0 Å². The third kappa shape index (κ3) is 8.68. The van der Waals surface area contributed by atoms with E-state index in [0.717, 1.165) is 5.56 Å². The van der Waals surface area contributed by atoms with Gasteiger partial charge in [-0.1, -0.05) is 48.9 Å². The largest absolute Gasteiger partial charge is 0.481 e. The molecule has 1 aromatic rings. The van der Waals surface area contributed by atoms with Gasteiger partial charge in [-0.3, -0.25) is 24.0 Å². The summed E-state index contributed by atoms with van der Waals surface area (Å²) in [6, 6.07) is 9.59. The van der Waals surface area contributed by atoms with Crippen LogP contribution in [0.2, 0.25) is 0 Å². The molecule has 10 nitrogen and oxygen atoms in total. The van der Waals surface area contributed by atoms with Crippen molar-refractivity contribution in [3.63, 3.8) is 0 Å². The molecule has 1 rings (SSSR count). The van der Waals surface area contributed by atoms with E-state index in [1.807, 2.05) is 30.3 Å². The fraction of sp³-hybridized carbons (Fsp3) is 0.458. The maximum absolute atomic E-state index is 11.7. The van der Waals surface area contributed by atoms with Crippen molar-refractivity contribution in [3.05, 3.63) is 48.0 Å². The maximum atomic E-state index is 11.7. The summed E-state index contributed by atoms with van der Waals surface area (Å²) >= 11 is 0. The zero-order valence-corrected chi connectivity index (χ0v) is 18.6. The summed E-state index contributed by atoms with van der Waals surface area (Å²) in [7, 11) is 0. The molecule has 10 heteroatoms. The lowest BCUT2D eigenvalue weighted by atomic mass is 9.78. The topological polar surface area (TPSA) is 186 Å². The normalized spacial score (nSPS) is 13.6. The van der Waals surface area contributed by atoms with Gasteiger partial charge in [0.25, 0.3) is 0 Å². The minimum absolute atomic E-state index is 0.127. The van der Waals surface area contributed by atoms with Crippen LogP contribution in [-0.2, 0) is 30.4 Å². The van der Waals surface area contributed by atoms with Gasteiger partial charge in [-0.25, -0.2) is 0 Å². The number of rotatable bonds is 17. The molecule has 0 saturated carbocycles. The van der Waals surface area contributed by atoms with Crippen LogP contribution in [0.1, 0.15) is 44.1 Å². The molecule has 1 aromatic carbocycles. The average Bonchev–Trinajstić information content (AvgIpc) is 2.74. The Kier molecular flexibility index (Phi) is 11.5. The number of aliphatic carboxylic acids is 5. The van der Waals surface area contributed by atoms with Gasteiger partial charge in [-0.05, 0) is 44.1 Å². The molecule has 0 heterocycles. The van der Waals surface area contributed by atoms with E-state index in [1.54, 1.807) is 0 Å². The van der Waals surface area contributed by atoms with E-state index in [4.69, 9.17) is 10.2 Å². The zero-order valence-electron chi connectivity index (χ0n) is 18.6. The molecule has 0 saturated heterocycles. The van der Waals surface area contributed by atoms with Gasteiger partial charge in [0.15, 0.2) is 5.92 Å². The molecule has 0 bridgehead atoms. The molecule has 0 radical (unpaired) electrons. The highest BCUT2D eigenvalue weighted by molar-refractivity contribution is 5.98.